The second kappa shape index (κ2) is 6.04. The van der Waals surface area contributed by atoms with E-state index in [2.05, 4.69) is 21.2 Å². The number of nitrogens with zero attached hydrogens (tertiary/aromatic N) is 1. The molecule has 1 atom stereocenters. The summed E-state index contributed by atoms with van der Waals surface area (Å²) in [7, 11) is 0. The Bertz CT molecular complexity index is 422. The van der Waals surface area contributed by atoms with Gasteiger partial charge in [-0.05, 0) is 28.1 Å². The molecule has 0 spiro atoms. The van der Waals surface area contributed by atoms with Crippen molar-refractivity contribution in [3.05, 3.63) is 33.8 Å². The zero-order valence-electron chi connectivity index (χ0n) is 9.73. The van der Waals surface area contributed by atoms with Crippen LogP contribution in [-0.2, 0) is 0 Å². The Morgan fingerprint density at radius 1 is 1.28 bits per heavy atom. The molecule has 1 aliphatic heterocycles. The van der Waals surface area contributed by atoms with Gasteiger partial charge in [0.25, 0.3) is 0 Å². The van der Waals surface area contributed by atoms with Crippen molar-refractivity contribution in [1.82, 2.24) is 10.2 Å². The van der Waals surface area contributed by atoms with Crippen LogP contribution in [-0.4, -0.2) is 37.8 Å². The first-order valence-electron chi connectivity index (χ1n) is 5.79. The highest BCUT2D eigenvalue weighted by molar-refractivity contribution is 9.10. The molecule has 18 heavy (non-hydrogen) atoms. The van der Waals surface area contributed by atoms with Crippen LogP contribution in [0.1, 0.15) is 11.6 Å². The van der Waals surface area contributed by atoms with E-state index >= 15 is 0 Å². The Hall–Kier alpha value is -0.590. The lowest BCUT2D eigenvalue weighted by atomic mass is 10.0. The minimum Gasteiger partial charge on any atom is -0.314 e. The molecule has 1 fully saturated rings. The molecule has 0 radical (unpaired) electrons. The Morgan fingerprint density at radius 3 is 2.56 bits per heavy atom. The van der Waals surface area contributed by atoms with Crippen LogP contribution < -0.4 is 5.32 Å². The van der Waals surface area contributed by atoms with Crippen molar-refractivity contribution in [2.75, 3.05) is 32.9 Å². The van der Waals surface area contributed by atoms with E-state index in [4.69, 9.17) is 0 Å². The molecule has 0 aliphatic carbocycles. The molecular weight excluding hydrogens is 309 g/mol. The predicted octanol–water partition coefficient (Wildman–Crippen LogP) is 2.64. The van der Waals surface area contributed by atoms with Crippen molar-refractivity contribution in [3.63, 3.8) is 0 Å². The quantitative estimate of drug-likeness (QED) is 0.861. The Morgan fingerprint density at radius 2 is 1.94 bits per heavy atom. The summed E-state index contributed by atoms with van der Waals surface area (Å²) in [4.78, 5) is 1.77. The number of alkyl halides is 1. The van der Waals surface area contributed by atoms with Crippen molar-refractivity contribution >= 4 is 15.9 Å². The van der Waals surface area contributed by atoms with Gasteiger partial charge >= 0.3 is 0 Å². The van der Waals surface area contributed by atoms with E-state index in [1.54, 1.807) is 4.90 Å². The third-order valence-electron chi connectivity index (χ3n) is 3.15. The summed E-state index contributed by atoms with van der Waals surface area (Å²) < 4.78 is 41.1. The van der Waals surface area contributed by atoms with Gasteiger partial charge < -0.3 is 5.32 Å². The molecule has 6 heteroatoms. The third kappa shape index (κ3) is 2.70. The van der Waals surface area contributed by atoms with Gasteiger partial charge in [-0.1, -0.05) is 0 Å². The maximum Gasteiger partial charge on any atom is 0.145 e. The Kier molecular flexibility index (Phi) is 4.64. The predicted molar refractivity (Wildman–Crippen MR) is 67.2 cm³/mol. The second-order valence-corrected chi connectivity index (χ2v) is 5.07. The van der Waals surface area contributed by atoms with Crippen molar-refractivity contribution in [3.8, 4) is 0 Å². The highest BCUT2D eigenvalue weighted by Gasteiger charge is 2.28. The average Bonchev–Trinajstić information content (AvgIpc) is 2.40. The summed E-state index contributed by atoms with van der Waals surface area (Å²) in [5, 5.41) is 3.12. The normalized spacial score (nSPS) is 18.9. The van der Waals surface area contributed by atoms with E-state index in [9.17, 15) is 13.2 Å². The summed E-state index contributed by atoms with van der Waals surface area (Å²) >= 11 is 3.01. The average molecular weight is 323 g/mol. The van der Waals surface area contributed by atoms with Crippen LogP contribution in [0.5, 0.6) is 0 Å². The molecule has 2 rings (SSSR count). The molecule has 0 saturated carbocycles. The molecule has 1 N–H and O–H groups in total. The fraction of sp³-hybridized carbons (Fsp3) is 0.500. The minimum atomic E-state index is -0.857. The molecule has 2 nitrogen and oxygen atoms in total. The molecular formula is C12H14BrF3N2. The van der Waals surface area contributed by atoms with Gasteiger partial charge in [0.05, 0.1) is 10.5 Å². The van der Waals surface area contributed by atoms with Crippen LogP contribution in [0, 0.1) is 11.6 Å². The molecule has 1 saturated heterocycles. The second-order valence-electron chi connectivity index (χ2n) is 4.21. The monoisotopic (exact) mass is 322 g/mol. The summed E-state index contributed by atoms with van der Waals surface area (Å²) in [5.74, 6) is -1.41. The SMILES string of the molecule is FC[C@H](c1c(F)ccc(Br)c1F)N1CCNCC1. The molecule has 0 bridgehead atoms. The van der Waals surface area contributed by atoms with Crippen LogP contribution in [0.3, 0.4) is 0 Å². The van der Waals surface area contributed by atoms with E-state index in [0.29, 0.717) is 26.2 Å². The van der Waals surface area contributed by atoms with Gasteiger partial charge in [-0.25, -0.2) is 13.2 Å². The highest BCUT2D eigenvalue weighted by atomic mass is 79.9. The van der Waals surface area contributed by atoms with Gasteiger partial charge in [-0.15, -0.1) is 0 Å². The Labute approximate surface area is 112 Å². The van der Waals surface area contributed by atoms with Crippen molar-refractivity contribution in [1.29, 1.82) is 0 Å². The molecule has 1 aromatic rings. The summed E-state index contributed by atoms with van der Waals surface area (Å²) in [6.45, 7) is 1.77. The topological polar surface area (TPSA) is 15.3 Å². The van der Waals surface area contributed by atoms with Crippen LogP contribution in [0.4, 0.5) is 13.2 Å². The van der Waals surface area contributed by atoms with Crippen LogP contribution in [0.2, 0.25) is 0 Å². The van der Waals surface area contributed by atoms with Crippen molar-refractivity contribution < 1.29 is 13.2 Å². The largest absolute Gasteiger partial charge is 0.314 e. The fourth-order valence-corrected chi connectivity index (χ4v) is 2.55. The zero-order chi connectivity index (χ0) is 13.1. The van der Waals surface area contributed by atoms with E-state index in [-0.39, 0.29) is 10.0 Å². The molecule has 0 unspecified atom stereocenters. The maximum atomic E-state index is 14.0. The van der Waals surface area contributed by atoms with E-state index in [1.807, 2.05) is 0 Å². The van der Waals surface area contributed by atoms with Crippen molar-refractivity contribution in [2.45, 2.75) is 6.04 Å². The summed E-state index contributed by atoms with van der Waals surface area (Å²) in [5.41, 5.74) is -0.186. The highest BCUT2D eigenvalue weighted by Crippen LogP contribution is 2.30. The number of hydrogen-bond acceptors (Lipinski definition) is 2. The van der Waals surface area contributed by atoms with Crippen LogP contribution in [0.15, 0.2) is 16.6 Å². The van der Waals surface area contributed by atoms with Gasteiger partial charge in [-0.2, -0.15) is 0 Å². The van der Waals surface area contributed by atoms with Gasteiger partial charge in [0.1, 0.15) is 18.3 Å². The van der Waals surface area contributed by atoms with E-state index in [1.165, 1.54) is 6.07 Å². The van der Waals surface area contributed by atoms with Gasteiger partial charge in [0.2, 0.25) is 0 Å². The maximum absolute atomic E-state index is 14.0. The van der Waals surface area contributed by atoms with Gasteiger partial charge in [0, 0.05) is 31.7 Å². The lowest BCUT2D eigenvalue weighted by Crippen LogP contribution is -2.46. The minimum absolute atomic E-state index is 0.160. The van der Waals surface area contributed by atoms with Gasteiger partial charge in [-0.3, -0.25) is 4.90 Å². The fourth-order valence-electron chi connectivity index (χ4n) is 2.20. The number of nitrogens with one attached hydrogen (secondary N) is 1. The molecule has 1 aliphatic rings. The van der Waals surface area contributed by atoms with Gasteiger partial charge in [0.15, 0.2) is 0 Å². The molecule has 1 heterocycles. The lowest BCUT2D eigenvalue weighted by molar-refractivity contribution is 0.141. The third-order valence-corrected chi connectivity index (χ3v) is 3.76. The molecule has 0 amide bonds. The first-order valence-corrected chi connectivity index (χ1v) is 6.58. The number of hydrogen-bond donors (Lipinski definition) is 1. The zero-order valence-corrected chi connectivity index (χ0v) is 11.3. The van der Waals surface area contributed by atoms with Crippen LogP contribution >= 0.6 is 15.9 Å². The number of benzene rings is 1. The Balaban J connectivity index is 2.34. The first-order chi connectivity index (χ1) is 8.65. The number of halogens is 4. The number of piperazine rings is 1. The first kappa shape index (κ1) is 13.8. The van der Waals surface area contributed by atoms with Crippen LogP contribution in [0.25, 0.3) is 0 Å². The summed E-state index contributed by atoms with van der Waals surface area (Å²) in [6.07, 6.45) is 0. The molecule has 100 valence electrons. The lowest BCUT2D eigenvalue weighted by Gasteiger charge is -2.34. The van der Waals surface area contributed by atoms with Crippen molar-refractivity contribution in [2.24, 2.45) is 0 Å². The molecule has 1 aromatic carbocycles. The van der Waals surface area contributed by atoms with E-state index in [0.717, 1.165) is 6.07 Å². The number of rotatable bonds is 3. The summed E-state index contributed by atoms with van der Waals surface area (Å²) in [6, 6.07) is 1.60. The van der Waals surface area contributed by atoms with E-state index < -0.39 is 24.4 Å². The molecule has 0 aromatic heterocycles. The standard InChI is InChI=1S/C12H14BrF3N2/c13-8-1-2-9(15)11(12(8)16)10(7-14)18-5-3-17-4-6-18/h1-2,10,17H,3-7H2/t10-/m1/s1. The smallest absolute Gasteiger partial charge is 0.145 e.